The number of rotatable bonds is 1. The fraction of sp³-hybridized carbons (Fsp3) is 0.900. The molecule has 0 saturated carbocycles. The number of carbonyl (C=O) groups is 1. The Bertz CT molecular complexity index is 56.3. The molecule has 0 atom stereocenters. The van der Waals surface area contributed by atoms with Crippen molar-refractivity contribution in [1.82, 2.24) is 5.32 Å². The Kier molecular flexibility index (Phi) is 42.2. The largest absolute Gasteiger partial charge is 0.471 e. The third-order valence-corrected chi connectivity index (χ3v) is 1.05. The molecule has 13 heavy (non-hydrogen) atoms. The minimum Gasteiger partial charge on any atom is -0.471 e. The van der Waals surface area contributed by atoms with Gasteiger partial charge in [0.05, 0.1) is 7.11 Å². The van der Waals surface area contributed by atoms with Gasteiger partial charge in [0.2, 0.25) is 0 Å². The molecule has 0 spiro atoms. The van der Waals surface area contributed by atoms with E-state index >= 15 is 0 Å². The third-order valence-electron chi connectivity index (χ3n) is 1.05. The van der Waals surface area contributed by atoms with E-state index < -0.39 is 0 Å². The molecule has 1 aliphatic rings. The zero-order chi connectivity index (χ0) is 10.9. The van der Waals surface area contributed by atoms with Crippen molar-refractivity contribution in [2.45, 2.75) is 40.5 Å². The van der Waals surface area contributed by atoms with Gasteiger partial charge in [-0.2, -0.15) is 0 Å². The summed E-state index contributed by atoms with van der Waals surface area (Å²) in [5, 5.41) is 3.22. The molecule has 3 heteroatoms. The molecule has 0 bridgehead atoms. The highest BCUT2D eigenvalue weighted by Gasteiger charge is 1.93. The summed E-state index contributed by atoms with van der Waals surface area (Å²) in [6.07, 6.45) is 2.78. The monoisotopic (exact) mass is 191 g/mol. The van der Waals surface area contributed by atoms with Crippen LogP contribution in [0.25, 0.3) is 0 Å². The molecule has 0 aliphatic carbocycles. The predicted molar refractivity (Wildman–Crippen MR) is 57.9 cm³/mol. The number of methoxy groups -OCH3 is 1. The topological polar surface area (TPSA) is 38.3 Å². The summed E-state index contributed by atoms with van der Waals surface area (Å²) >= 11 is 0. The molecule has 1 aliphatic heterocycles. The van der Waals surface area contributed by atoms with Gasteiger partial charge in [-0.25, -0.2) is 0 Å². The quantitative estimate of drug-likeness (QED) is 0.646. The van der Waals surface area contributed by atoms with E-state index in [1.807, 2.05) is 27.7 Å². The Morgan fingerprint density at radius 3 is 1.46 bits per heavy atom. The Morgan fingerprint density at radius 2 is 1.38 bits per heavy atom. The lowest BCUT2D eigenvalue weighted by atomic mass is 10.4. The second-order valence-electron chi connectivity index (χ2n) is 1.79. The summed E-state index contributed by atoms with van der Waals surface area (Å²) in [4.78, 5) is 8.95. The van der Waals surface area contributed by atoms with Gasteiger partial charge in [-0.05, 0) is 25.9 Å². The second kappa shape index (κ2) is 30.1. The standard InChI is InChI=1S/C4H9N.C2H4O2.2C2H6/c1-2-4-5-3-1;1-4-2-3;2*1-2/h5H,1-4H2;2H,1H3;2*1-2H3. The van der Waals surface area contributed by atoms with Crippen molar-refractivity contribution in [3.63, 3.8) is 0 Å². The normalized spacial score (nSPS) is 11.8. The van der Waals surface area contributed by atoms with E-state index in [2.05, 4.69) is 10.1 Å². The van der Waals surface area contributed by atoms with Crippen LogP contribution in [0.2, 0.25) is 0 Å². The number of hydrogen-bond acceptors (Lipinski definition) is 3. The van der Waals surface area contributed by atoms with Gasteiger partial charge < -0.3 is 10.1 Å². The smallest absolute Gasteiger partial charge is 0.292 e. The molecule has 1 saturated heterocycles. The van der Waals surface area contributed by atoms with Gasteiger partial charge in [-0.1, -0.05) is 27.7 Å². The maximum Gasteiger partial charge on any atom is 0.292 e. The first-order chi connectivity index (χ1) is 6.41. The van der Waals surface area contributed by atoms with Crippen molar-refractivity contribution in [2.24, 2.45) is 0 Å². The van der Waals surface area contributed by atoms with Crippen LogP contribution in [0.1, 0.15) is 40.5 Å². The molecule has 0 aromatic heterocycles. The second-order valence-corrected chi connectivity index (χ2v) is 1.79. The molecular weight excluding hydrogens is 166 g/mol. The van der Waals surface area contributed by atoms with Crippen LogP contribution in [0, 0.1) is 0 Å². The lowest BCUT2D eigenvalue weighted by molar-refractivity contribution is -0.126. The van der Waals surface area contributed by atoms with Gasteiger partial charge in [0.15, 0.2) is 0 Å². The first-order valence-corrected chi connectivity index (χ1v) is 5.09. The van der Waals surface area contributed by atoms with Crippen LogP contribution in [-0.4, -0.2) is 26.7 Å². The van der Waals surface area contributed by atoms with Crippen LogP contribution >= 0.6 is 0 Å². The van der Waals surface area contributed by atoms with Gasteiger partial charge in [-0.3, -0.25) is 4.79 Å². The Labute approximate surface area is 82.9 Å². The van der Waals surface area contributed by atoms with Crippen molar-refractivity contribution in [1.29, 1.82) is 0 Å². The van der Waals surface area contributed by atoms with Gasteiger partial charge in [0.25, 0.3) is 6.47 Å². The van der Waals surface area contributed by atoms with Crippen LogP contribution in [0.4, 0.5) is 0 Å². The van der Waals surface area contributed by atoms with Crippen LogP contribution in [0.5, 0.6) is 0 Å². The van der Waals surface area contributed by atoms with E-state index in [0.29, 0.717) is 6.47 Å². The number of hydrogen-bond donors (Lipinski definition) is 1. The van der Waals surface area contributed by atoms with Crippen molar-refractivity contribution in [3.05, 3.63) is 0 Å². The molecule has 1 heterocycles. The predicted octanol–water partition coefficient (Wildman–Crippen LogP) is 2.21. The van der Waals surface area contributed by atoms with E-state index in [4.69, 9.17) is 4.79 Å². The highest BCUT2D eigenvalue weighted by Crippen LogP contribution is 1.90. The van der Waals surface area contributed by atoms with Crippen molar-refractivity contribution in [3.8, 4) is 0 Å². The zero-order valence-corrected chi connectivity index (χ0v) is 9.72. The molecule has 0 amide bonds. The molecule has 1 rings (SSSR count). The van der Waals surface area contributed by atoms with Crippen LogP contribution in [0.3, 0.4) is 0 Å². The Hall–Kier alpha value is -0.570. The maximum absolute atomic E-state index is 8.95. The fourth-order valence-corrected chi connectivity index (χ4v) is 0.625. The SMILES string of the molecule is C1CCNC1.CC.CC.COC=O. The lowest BCUT2D eigenvalue weighted by Gasteiger charge is -1.76. The van der Waals surface area contributed by atoms with Crippen molar-refractivity contribution in [2.75, 3.05) is 20.2 Å². The molecule has 0 aromatic carbocycles. The maximum atomic E-state index is 8.95. The molecule has 0 radical (unpaired) electrons. The van der Waals surface area contributed by atoms with Gasteiger partial charge in [0.1, 0.15) is 0 Å². The number of nitrogens with one attached hydrogen (secondary N) is 1. The molecule has 82 valence electrons. The minimum atomic E-state index is 0.375. The van der Waals surface area contributed by atoms with E-state index in [1.165, 1.54) is 33.0 Å². The molecular formula is C10H25NO2. The number of carbonyl (C=O) groups excluding carboxylic acids is 1. The summed E-state index contributed by atoms with van der Waals surface area (Å²) in [5.74, 6) is 0. The molecule has 0 aromatic rings. The summed E-state index contributed by atoms with van der Waals surface area (Å²) in [5.41, 5.74) is 0. The van der Waals surface area contributed by atoms with E-state index in [9.17, 15) is 0 Å². The molecule has 3 nitrogen and oxygen atoms in total. The average molecular weight is 191 g/mol. The molecule has 0 unspecified atom stereocenters. The van der Waals surface area contributed by atoms with E-state index in [1.54, 1.807) is 0 Å². The highest BCUT2D eigenvalue weighted by molar-refractivity contribution is 5.36. The minimum absolute atomic E-state index is 0.375. The van der Waals surface area contributed by atoms with Gasteiger partial charge in [-0.15, -0.1) is 0 Å². The van der Waals surface area contributed by atoms with Crippen LogP contribution in [-0.2, 0) is 9.53 Å². The lowest BCUT2D eigenvalue weighted by Crippen LogP contribution is -2.03. The Balaban J connectivity index is -0.000000114. The summed E-state index contributed by atoms with van der Waals surface area (Å²) in [6, 6.07) is 0. The van der Waals surface area contributed by atoms with E-state index in [-0.39, 0.29) is 0 Å². The Morgan fingerprint density at radius 1 is 1.08 bits per heavy atom. The fourth-order valence-electron chi connectivity index (χ4n) is 0.625. The summed E-state index contributed by atoms with van der Waals surface area (Å²) < 4.78 is 3.86. The molecule has 1 fully saturated rings. The summed E-state index contributed by atoms with van der Waals surface area (Å²) in [6.45, 7) is 10.9. The third kappa shape index (κ3) is 34.5. The average Bonchev–Trinajstić information content (AvgIpc) is 2.82. The highest BCUT2D eigenvalue weighted by atomic mass is 16.5. The van der Waals surface area contributed by atoms with E-state index in [0.717, 1.165) is 0 Å². The zero-order valence-electron chi connectivity index (χ0n) is 9.72. The van der Waals surface area contributed by atoms with Gasteiger partial charge in [0, 0.05) is 0 Å². The van der Waals surface area contributed by atoms with Crippen molar-refractivity contribution < 1.29 is 9.53 Å². The van der Waals surface area contributed by atoms with Crippen LogP contribution < -0.4 is 5.32 Å². The number of ether oxygens (including phenoxy) is 1. The molecule has 1 N–H and O–H groups in total. The first-order valence-electron chi connectivity index (χ1n) is 5.09. The van der Waals surface area contributed by atoms with Crippen LogP contribution in [0.15, 0.2) is 0 Å². The van der Waals surface area contributed by atoms with Gasteiger partial charge >= 0.3 is 0 Å². The first kappa shape index (κ1) is 18.3. The van der Waals surface area contributed by atoms with Crippen molar-refractivity contribution >= 4 is 6.47 Å². The summed E-state index contributed by atoms with van der Waals surface area (Å²) in [7, 11) is 1.31.